The van der Waals surface area contributed by atoms with E-state index in [9.17, 15) is 23.3 Å². The number of nitro benzene ring substituents is 1. The van der Waals surface area contributed by atoms with Crippen molar-refractivity contribution in [2.45, 2.75) is 104 Å². The number of carbonyl (C=O) groups excluding carboxylic acids is 1. The lowest BCUT2D eigenvalue weighted by atomic mass is 10.0. The van der Waals surface area contributed by atoms with Crippen molar-refractivity contribution in [3.8, 4) is 11.3 Å². The number of nitrogens with zero attached hydrogens (tertiary/aromatic N) is 4. The SMILES string of the molecule is CCCCCCCCCCCCCCCCS(=O)(=O)N(/N=c1/cc(-c2ccccc2)n(C)c2ccc([N+](=O)[O-])cc12)C(=O)OCC. The van der Waals surface area contributed by atoms with Gasteiger partial charge >= 0.3 is 6.09 Å². The fourth-order valence-corrected chi connectivity index (χ4v) is 6.83. The van der Waals surface area contributed by atoms with Crippen LogP contribution in [0.1, 0.15) is 104 Å². The molecule has 0 atom stereocenters. The van der Waals surface area contributed by atoms with Crippen LogP contribution >= 0.6 is 0 Å². The van der Waals surface area contributed by atoms with Gasteiger partial charge in [-0.25, -0.2) is 13.2 Å². The van der Waals surface area contributed by atoms with Gasteiger partial charge in [0, 0.05) is 24.6 Å². The fraction of sp³-hybridized carbons (Fsp3) is 0.543. The molecule has 3 aromatic rings. The maximum Gasteiger partial charge on any atom is 0.445 e. The summed E-state index contributed by atoms with van der Waals surface area (Å²) >= 11 is 0. The minimum absolute atomic E-state index is 0.0372. The van der Waals surface area contributed by atoms with E-state index in [1.54, 1.807) is 19.1 Å². The summed E-state index contributed by atoms with van der Waals surface area (Å²) < 4.78 is 34.4. The van der Waals surface area contributed by atoms with Gasteiger partial charge in [0.25, 0.3) is 15.7 Å². The number of carbonyl (C=O) groups is 1. The topological polar surface area (TPSA) is 124 Å². The van der Waals surface area contributed by atoms with Crippen LogP contribution in [0, 0.1) is 10.1 Å². The van der Waals surface area contributed by atoms with E-state index in [4.69, 9.17) is 4.74 Å². The average Bonchev–Trinajstić information content (AvgIpc) is 3.04. The Kier molecular flexibility index (Phi) is 15.2. The first-order valence-corrected chi connectivity index (χ1v) is 18.4. The summed E-state index contributed by atoms with van der Waals surface area (Å²) in [6, 6.07) is 15.4. The van der Waals surface area contributed by atoms with Crippen LogP contribution in [0.4, 0.5) is 10.5 Å². The molecule has 1 amide bonds. The molecule has 0 aliphatic rings. The molecule has 0 spiro atoms. The lowest BCUT2D eigenvalue weighted by Gasteiger charge is -2.18. The molecule has 2 aromatic carbocycles. The van der Waals surface area contributed by atoms with E-state index in [2.05, 4.69) is 12.0 Å². The smallest absolute Gasteiger partial charge is 0.445 e. The normalized spacial score (nSPS) is 12.0. The molecule has 1 aromatic heterocycles. The van der Waals surface area contributed by atoms with Gasteiger partial charge in [-0.15, -0.1) is 0 Å². The van der Waals surface area contributed by atoms with Crippen molar-refractivity contribution in [3.63, 3.8) is 0 Å². The molecule has 46 heavy (non-hydrogen) atoms. The highest BCUT2D eigenvalue weighted by Crippen LogP contribution is 2.25. The van der Waals surface area contributed by atoms with Gasteiger partial charge in [-0.2, -0.15) is 5.10 Å². The van der Waals surface area contributed by atoms with Crippen molar-refractivity contribution in [1.82, 2.24) is 8.98 Å². The van der Waals surface area contributed by atoms with Gasteiger partial charge < -0.3 is 9.30 Å². The number of hydrogen-bond acceptors (Lipinski definition) is 7. The van der Waals surface area contributed by atoms with Crippen LogP contribution in [0.25, 0.3) is 22.2 Å². The molecule has 10 nitrogen and oxygen atoms in total. The van der Waals surface area contributed by atoms with Crippen LogP contribution in [0.15, 0.2) is 59.7 Å². The van der Waals surface area contributed by atoms with E-state index >= 15 is 0 Å². The molecule has 0 unspecified atom stereocenters. The largest absolute Gasteiger partial charge is 0.448 e. The highest BCUT2D eigenvalue weighted by atomic mass is 32.2. The molecule has 0 fully saturated rings. The predicted molar refractivity (Wildman–Crippen MR) is 184 cm³/mol. The number of hydrogen-bond donors (Lipinski definition) is 0. The van der Waals surface area contributed by atoms with Gasteiger partial charge in [0.05, 0.1) is 33.9 Å². The van der Waals surface area contributed by atoms with Crippen LogP contribution < -0.4 is 5.36 Å². The Balaban J connectivity index is 1.74. The van der Waals surface area contributed by atoms with E-state index in [-0.39, 0.29) is 23.4 Å². The number of amides is 1. The maximum absolute atomic E-state index is 13.5. The Bertz CT molecular complexity index is 1590. The number of sulfonamides is 1. The average molecular weight is 655 g/mol. The Morgan fingerprint density at radius 2 is 1.41 bits per heavy atom. The summed E-state index contributed by atoms with van der Waals surface area (Å²) in [4.78, 5) is 24.1. The first-order valence-electron chi connectivity index (χ1n) is 16.8. The second-order valence-corrected chi connectivity index (χ2v) is 13.7. The van der Waals surface area contributed by atoms with Crippen LogP contribution in [-0.4, -0.2) is 40.8 Å². The Labute approximate surface area is 273 Å². The summed E-state index contributed by atoms with van der Waals surface area (Å²) in [5.74, 6) is -0.266. The molecule has 0 saturated carbocycles. The van der Waals surface area contributed by atoms with Crippen LogP contribution in [0.2, 0.25) is 0 Å². The zero-order valence-corrected chi connectivity index (χ0v) is 28.5. The quantitative estimate of drug-likeness (QED) is 0.0681. The molecule has 3 rings (SSSR count). The van der Waals surface area contributed by atoms with Crippen molar-refractivity contribution in [3.05, 3.63) is 70.1 Å². The summed E-state index contributed by atoms with van der Waals surface area (Å²) in [6.07, 6.45) is 14.8. The Morgan fingerprint density at radius 1 is 0.848 bits per heavy atom. The van der Waals surface area contributed by atoms with Crippen LogP contribution in [0.3, 0.4) is 0 Å². The standard InChI is InChI=1S/C35H50N4O6S/c1-4-6-7-8-9-10-11-12-13-14-15-16-17-21-26-46(43,44)38(35(40)45-5-2)36-32-28-34(29-22-19-18-20-23-29)37(3)33-25-24-30(39(41)42)27-31(32)33/h18-20,22-25,27-28H,4-17,21,26H2,1-3H3/b36-32-. The molecule has 0 aliphatic heterocycles. The monoisotopic (exact) mass is 654 g/mol. The number of aromatic nitrogens is 1. The van der Waals surface area contributed by atoms with Crippen molar-refractivity contribution in [1.29, 1.82) is 0 Å². The molecule has 252 valence electrons. The molecule has 0 saturated heterocycles. The molecule has 1 heterocycles. The van der Waals surface area contributed by atoms with Crippen molar-refractivity contribution >= 4 is 32.7 Å². The number of ether oxygens (including phenoxy) is 1. The molecule has 0 aliphatic carbocycles. The van der Waals surface area contributed by atoms with Crippen molar-refractivity contribution in [2.24, 2.45) is 12.1 Å². The minimum atomic E-state index is -4.19. The molecule has 11 heteroatoms. The van der Waals surface area contributed by atoms with Crippen molar-refractivity contribution in [2.75, 3.05) is 12.4 Å². The third-order valence-corrected chi connectivity index (χ3v) is 9.74. The van der Waals surface area contributed by atoms with Gasteiger partial charge in [0.15, 0.2) is 0 Å². The third-order valence-electron chi connectivity index (χ3n) is 8.17. The van der Waals surface area contributed by atoms with E-state index < -0.39 is 21.0 Å². The van der Waals surface area contributed by atoms with Crippen molar-refractivity contribution < 1.29 is 22.9 Å². The number of pyridine rings is 1. The minimum Gasteiger partial charge on any atom is -0.448 e. The number of nitro groups is 1. The maximum atomic E-state index is 13.5. The second kappa shape index (κ2) is 19.1. The lowest BCUT2D eigenvalue weighted by Crippen LogP contribution is -2.36. The van der Waals surface area contributed by atoms with Crippen LogP contribution in [-0.2, 0) is 21.8 Å². The fourth-order valence-electron chi connectivity index (χ4n) is 5.60. The molecule has 0 N–H and O–H groups in total. The number of fused-ring (bicyclic) bond motifs is 1. The van der Waals surface area contributed by atoms with E-state index in [1.165, 1.54) is 69.9 Å². The third kappa shape index (κ3) is 11.0. The second-order valence-electron chi connectivity index (χ2n) is 11.8. The number of unbranched alkanes of at least 4 members (excludes halogenated alkanes) is 13. The molecular weight excluding hydrogens is 604 g/mol. The number of rotatable bonds is 20. The van der Waals surface area contributed by atoms with Gasteiger partial charge in [0.1, 0.15) is 0 Å². The van der Waals surface area contributed by atoms with E-state index in [1.807, 2.05) is 41.9 Å². The summed E-state index contributed by atoms with van der Waals surface area (Å²) in [5.41, 5.74) is 1.92. The van der Waals surface area contributed by atoms with E-state index in [0.29, 0.717) is 27.4 Å². The Hall–Kier alpha value is -3.73. The summed E-state index contributed by atoms with van der Waals surface area (Å²) in [6.45, 7) is 3.79. The molecule has 0 radical (unpaired) electrons. The first-order chi connectivity index (χ1) is 22.2. The zero-order valence-electron chi connectivity index (χ0n) is 27.7. The van der Waals surface area contributed by atoms with E-state index in [0.717, 1.165) is 31.2 Å². The summed E-state index contributed by atoms with van der Waals surface area (Å²) in [7, 11) is -2.37. The zero-order chi connectivity index (χ0) is 33.4. The number of benzene rings is 2. The predicted octanol–water partition coefficient (Wildman–Crippen LogP) is 8.84. The summed E-state index contributed by atoms with van der Waals surface area (Å²) in [5, 5.41) is 16.4. The lowest BCUT2D eigenvalue weighted by molar-refractivity contribution is -0.384. The Morgan fingerprint density at radius 3 is 1.96 bits per heavy atom. The number of non-ortho nitro benzene ring substituents is 1. The van der Waals surface area contributed by atoms with Gasteiger partial charge in [-0.3, -0.25) is 10.1 Å². The molecular formula is C35H50N4O6S. The highest BCUT2D eigenvalue weighted by molar-refractivity contribution is 7.89. The van der Waals surface area contributed by atoms with Gasteiger partial charge in [-0.1, -0.05) is 125 Å². The highest BCUT2D eigenvalue weighted by Gasteiger charge is 2.29. The van der Waals surface area contributed by atoms with Crippen LogP contribution in [0.5, 0.6) is 0 Å². The van der Waals surface area contributed by atoms with Gasteiger partial charge in [0.2, 0.25) is 0 Å². The van der Waals surface area contributed by atoms with Gasteiger partial charge in [-0.05, 0) is 31.0 Å². The first kappa shape index (κ1) is 36.7. The number of aryl methyl sites for hydroxylation is 1. The molecule has 0 bridgehead atoms.